The standard InChI is InChI=1S/C10H17N3O3/c14-9-2-1-7(13-9)5-12-10(15)8-6-11-3-4-16-8/h7-8,11H,1-6H2,(H,12,15)(H,13,14). The summed E-state index contributed by atoms with van der Waals surface area (Å²) in [6.45, 7) is 2.41. The van der Waals surface area contributed by atoms with Crippen LogP contribution in [0.2, 0.25) is 0 Å². The lowest BCUT2D eigenvalue weighted by Crippen LogP contribution is -2.50. The Morgan fingerprint density at radius 1 is 1.56 bits per heavy atom. The molecule has 2 rings (SSSR count). The van der Waals surface area contributed by atoms with Crippen LogP contribution < -0.4 is 16.0 Å². The molecule has 0 saturated carbocycles. The summed E-state index contributed by atoms with van der Waals surface area (Å²) in [4.78, 5) is 22.6. The molecule has 0 aliphatic carbocycles. The fourth-order valence-corrected chi connectivity index (χ4v) is 1.90. The lowest BCUT2D eigenvalue weighted by atomic mass is 10.2. The summed E-state index contributed by atoms with van der Waals surface area (Å²) in [6, 6.07) is 0.0769. The molecule has 0 aromatic heterocycles. The van der Waals surface area contributed by atoms with Gasteiger partial charge in [0.15, 0.2) is 0 Å². The summed E-state index contributed by atoms with van der Waals surface area (Å²) in [5.74, 6) is -0.0387. The van der Waals surface area contributed by atoms with Crippen molar-refractivity contribution in [3.63, 3.8) is 0 Å². The number of amides is 2. The van der Waals surface area contributed by atoms with E-state index in [1.807, 2.05) is 0 Å². The maximum Gasteiger partial charge on any atom is 0.250 e. The highest BCUT2D eigenvalue weighted by atomic mass is 16.5. The third-order valence-electron chi connectivity index (χ3n) is 2.83. The number of ether oxygens (including phenoxy) is 1. The summed E-state index contributed by atoms with van der Waals surface area (Å²) in [5.41, 5.74) is 0. The number of morpholine rings is 1. The van der Waals surface area contributed by atoms with Gasteiger partial charge in [0.1, 0.15) is 6.10 Å². The molecule has 90 valence electrons. The summed E-state index contributed by atoms with van der Waals surface area (Å²) in [6.07, 6.45) is 0.955. The van der Waals surface area contributed by atoms with Crippen LogP contribution in [0.15, 0.2) is 0 Å². The minimum absolute atomic E-state index is 0.0647. The van der Waals surface area contributed by atoms with Crippen LogP contribution in [-0.4, -0.2) is 50.2 Å². The number of rotatable bonds is 3. The van der Waals surface area contributed by atoms with E-state index in [-0.39, 0.29) is 17.9 Å². The highest BCUT2D eigenvalue weighted by molar-refractivity contribution is 5.81. The topological polar surface area (TPSA) is 79.5 Å². The molecular formula is C10H17N3O3. The predicted molar refractivity (Wildman–Crippen MR) is 56.8 cm³/mol. The zero-order valence-corrected chi connectivity index (χ0v) is 9.12. The van der Waals surface area contributed by atoms with Crippen LogP contribution in [0.4, 0.5) is 0 Å². The molecule has 2 saturated heterocycles. The lowest BCUT2D eigenvalue weighted by Gasteiger charge is -2.23. The molecule has 0 radical (unpaired) electrons. The van der Waals surface area contributed by atoms with Crippen molar-refractivity contribution in [1.29, 1.82) is 0 Å². The Morgan fingerprint density at radius 2 is 2.44 bits per heavy atom. The van der Waals surface area contributed by atoms with Gasteiger partial charge in [-0.2, -0.15) is 0 Å². The van der Waals surface area contributed by atoms with Crippen molar-refractivity contribution in [2.75, 3.05) is 26.2 Å². The van der Waals surface area contributed by atoms with Gasteiger partial charge >= 0.3 is 0 Å². The fraction of sp³-hybridized carbons (Fsp3) is 0.800. The molecule has 0 bridgehead atoms. The summed E-state index contributed by atoms with van der Waals surface area (Å²) in [7, 11) is 0. The van der Waals surface area contributed by atoms with Crippen LogP contribution >= 0.6 is 0 Å². The molecule has 2 aliphatic rings. The molecular weight excluding hydrogens is 210 g/mol. The molecule has 2 amide bonds. The van der Waals surface area contributed by atoms with Crippen molar-refractivity contribution in [3.05, 3.63) is 0 Å². The molecule has 3 N–H and O–H groups in total. The average molecular weight is 227 g/mol. The zero-order chi connectivity index (χ0) is 11.4. The first-order valence-electron chi connectivity index (χ1n) is 5.65. The largest absolute Gasteiger partial charge is 0.366 e. The van der Waals surface area contributed by atoms with Crippen molar-refractivity contribution in [2.45, 2.75) is 25.0 Å². The van der Waals surface area contributed by atoms with Crippen molar-refractivity contribution in [2.24, 2.45) is 0 Å². The molecule has 2 heterocycles. The minimum Gasteiger partial charge on any atom is -0.366 e. The Bertz CT molecular complexity index is 276. The third-order valence-corrected chi connectivity index (χ3v) is 2.83. The third kappa shape index (κ3) is 2.93. The first-order valence-corrected chi connectivity index (χ1v) is 5.65. The first-order chi connectivity index (χ1) is 7.75. The van der Waals surface area contributed by atoms with Gasteiger partial charge in [-0.05, 0) is 6.42 Å². The van der Waals surface area contributed by atoms with E-state index in [1.54, 1.807) is 0 Å². The van der Waals surface area contributed by atoms with Crippen LogP contribution in [-0.2, 0) is 14.3 Å². The smallest absolute Gasteiger partial charge is 0.250 e. The number of hydrogen-bond donors (Lipinski definition) is 3. The van der Waals surface area contributed by atoms with Gasteiger partial charge < -0.3 is 20.7 Å². The van der Waals surface area contributed by atoms with E-state index in [1.165, 1.54) is 0 Å². The van der Waals surface area contributed by atoms with Crippen molar-refractivity contribution in [3.8, 4) is 0 Å². The SMILES string of the molecule is O=C1CCC(CNC(=O)C2CNCCO2)N1. The minimum atomic E-state index is -0.397. The van der Waals surface area contributed by atoms with Crippen LogP contribution in [0.25, 0.3) is 0 Å². The molecule has 2 atom stereocenters. The molecule has 0 aromatic carbocycles. The fourth-order valence-electron chi connectivity index (χ4n) is 1.90. The maximum atomic E-state index is 11.6. The Morgan fingerprint density at radius 3 is 3.06 bits per heavy atom. The Hall–Kier alpha value is -1.14. The number of carbonyl (C=O) groups is 2. The summed E-state index contributed by atoms with van der Waals surface area (Å²) in [5, 5.41) is 8.69. The molecule has 2 aliphatic heterocycles. The summed E-state index contributed by atoms with van der Waals surface area (Å²) < 4.78 is 5.31. The second-order valence-electron chi connectivity index (χ2n) is 4.11. The van der Waals surface area contributed by atoms with Crippen LogP contribution in [0.1, 0.15) is 12.8 Å². The van der Waals surface area contributed by atoms with Gasteiger partial charge in [0.25, 0.3) is 5.91 Å². The van der Waals surface area contributed by atoms with E-state index in [9.17, 15) is 9.59 Å². The van der Waals surface area contributed by atoms with Crippen molar-refractivity contribution >= 4 is 11.8 Å². The van der Waals surface area contributed by atoms with E-state index in [4.69, 9.17) is 4.74 Å². The van der Waals surface area contributed by atoms with Crippen LogP contribution in [0.3, 0.4) is 0 Å². The Kier molecular flexibility index (Phi) is 3.74. The van der Waals surface area contributed by atoms with Gasteiger partial charge in [0.05, 0.1) is 6.61 Å². The summed E-state index contributed by atoms with van der Waals surface area (Å²) >= 11 is 0. The maximum absolute atomic E-state index is 11.6. The molecule has 0 aromatic rings. The van der Waals surface area contributed by atoms with Gasteiger partial charge in [-0.1, -0.05) is 0 Å². The second-order valence-corrected chi connectivity index (χ2v) is 4.11. The average Bonchev–Trinajstić information content (AvgIpc) is 2.73. The number of carbonyl (C=O) groups excluding carboxylic acids is 2. The normalized spacial score (nSPS) is 29.9. The lowest BCUT2D eigenvalue weighted by molar-refractivity contribution is -0.134. The quantitative estimate of drug-likeness (QED) is 0.541. The van der Waals surface area contributed by atoms with Gasteiger partial charge in [0, 0.05) is 32.1 Å². The number of hydrogen-bond acceptors (Lipinski definition) is 4. The van der Waals surface area contributed by atoms with E-state index in [0.29, 0.717) is 26.1 Å². The predicted octanol–water partition coefficient (Wildman–Crippen LogP) is -1.63. The van der Waals surface area contributed by atoms with Crippen molar-refractivity contribution in [1.82, 2.24) is 16.0 Å². The van der Waals surface area contributed by atoms with E-state index in [0.717, 1.165) is 13.0 Å². The van der Waals surface area contributed by atoms with E-state index >= 15 is 0 Å². The van der Waals surface area contributed by atoms with Crippen LogP contribution in [0, 0.1) is 0 Å². The number of nitrogens with one attached hydrogen (secondary N) is 3. The Labute approximate surface area is 94.1 Å². The highest BCUT2D eigenvalue weighted by Gasteiger charge is 2.24. The molecule has 6 heteroatoms. The molecule has 0 spiro atoms. The van der Waals surface area contributed by atoms with Crippen LogP contribution in [0.5, 0.6) is 0 Å². The van der Waals surface area contributed by atoms with E-state index in [2.05, 4.69) is 16.0 Å². The van der Waals surface area contributed by atoms with Gasteiger partial charge in [-0.25, -0.2) is 0 Å². The van der Waals surface area contributed by atoms with Crippen molar-refractivity contribution < 1.29 is 14.3 Å². The molecule has 16 heavy (non-hydrogen) atoms. The van der Waals surface area contributed by atoms with Gasteiger partial charge in [0.2, 0.25) is 5.91 Å². The highest BCUT2D eigenvalue weighted by Crippen LogP contribution is 2.05. The first kappa shape index (κ1) is 11.3. The monoisotopic (exact) mass is 227 g/mol. The van der Waals surface area contributed by atoms with E-state index < -0.39 is 6.10 Å². The van der Waals surface area contributed by atoms with Gasteiger partial charge in [-0.15, -0.1) is 0 Å². The second kappa shape index (κ2) is 5.27. The molecule has 2 fully saturated rings. The molecule has 6 nitrogen and oxygen atoms in total. The molecule has 2 unspecified atom stereocenters. The zero-order valence-electron chi connectivity index (χ0n) is 9.12. The Balaban J connectivity index is 1.68. The van der Waals surface area contributed by atoms with Gasteiger partial charge in [-0.3, -0.25) is 9.59 Å².